The van der Waals surface area contributed by atoms with E-state index in [4.69, 9.17) is 9.47 Å². The fraction of sp³-hybridized carbons (Fsp3) is 0.435. The highest BCUT2D eigenvalue weighted by Crippen LogP contribution is 2.45. The van der Waals surface area contributed by atoms with Crippen LogP contribution in [-0.4, -0.2) is 42.2 Å². The van der Waals surface area contributed by atoms with Gasteiger partial charge in [0.05, 0.1) is 42.4 Å². The Hall–Kier alpha value is -2.91. The van der Waals surface area contributed by atoms with Gasteiger partial charge in [-0.1, -0.05) is 12.1 Å². The van der Waals surface area contributed by atoms with Gasteiger partial charge in [0.2, 0.25) is 5.91 Å². The highest BCUT2D eigenvalue weighted by Gasteiger charge is 2.55. The summed E-state index contributed by atoms with van der Waals surface area (Å²) in [4.78, 5) is 39.3. The number of rotatable bonds is 6. The minimum absolute atomic E-state index is 0.317. The first-order chi connectivity index (χ1) is 15.5. The van der Waals surface area contributed by atoms with Crippen LogP contribution in [0.3, 0.4) is 0 Å². The van der Waals surface area contributed by atoms with Crippen molar-refractivity contribution < 1.29 is 29.0 Å². The minimum Gasteiger partial charge on any atom is -0.495 e. The minimum atomic E-state index is -1.01. The number of para-hydroxylation sites is 2. The molecule has 0 unspecified atom stereocenters. The van der Waals surface area contributed by atoms with E-state index in [2.05, 4.69) is 10.6 Å². The SMILES string of the molecule is COc1ccccc1NC(=O)c1c(NC(=O)[C@@H]2[C@@H](C(=O)O)[C@H]3CC[C@H]2O3)sc2c1CCC2. The van der Waals surface area contributed by atoms with Crippen LogP contribution in [0.1, 0.15) is 40.1 Å². The smallest absolute Gasteiger partial charge is 0.310 e. The lowest BCUT2D eigenvalue weighted by atomic mass is 9.79. The van der Waals surface area contributed by atoms with E-state index in [1.54, 1.807) is 18.2 Å². The van der Waals surface area contributed by atoms with E-state index in [1.807, 2.05) is 6.07 Å². The third-order valence-corrected chi connectivity index (χ3v) is 7.81. The van der Waals surface area contributed by atoms with Crippen LogP contribution in [0.4, 0.5) is 10.7 Å². The summed E-state index contributed by atoms with van der Waals surface area (Å²) in [7, 11) is 1.54. The molecule has 2 amide bonds. The van der Waals surface area contributed by atoms with Crippen LogP contribution in [0.25, 0.3) is 0 Å². The monoisotopic (exact) mass is 456 g/mol. The molecule has 2 aliphatic heterocycles. The van der Waals surface area contributed by atoms with Crippen LogP contribution in [0, 0.1) is 11.8 Å². The van der Waals surface area contributed by atoms with Crippen molar-refractivity contribution in [3.63, 3.8) is 0 Å². The lowest BCUT2D eigenvalue weighted by Crippen LogP contribution is -2.41. The van der Waals surface area contributed by atoms with Crippen LogP contribution < -0.4 is 15.4 Å². The van der Waals surface area contributed by atoms with Crippen molar-refractivity contribution in [2.24, 2.45) is 11.8 Å². The Balaban J connectivity index is 1.42. The number of hydrogen-bond acceptors (Lipinski definition) is 6. The number of amides is 2. The van der Waals surface area contributed by atoms with E-state index in [0.29, 0.717) is 34.8 Å². The lowest BCUT2D eigenvalue weighted by Gasteiger charge is -2.23. The molecule has 4 atom stereocenters. The summed E-state index contributed by atoms with van der Waals surface area (Å²) < 4.78 is 11.1. The molecule has 1 aromatic carbocycles. The fourth-order valence-corrected chi connectivity index (χ4v) is 6.47. The molecule has 8 nitrogen and oxygen atoms in total. The van der Waals surface area contributed by atoms with Crippen LogP contribution in [0.2, 0.25) is 0 Å². The maximum atomic E-state index is 13.3. The summed E-state index contributed by atoms with van der Waals surface area (Å²) in [5.41, 5.74) is 1.96. The highest BCUT2D eigenvalue weighted by atomic mass is 32.1. The average molecular weight is 457 g/mol. The van der Waals surface area contributed by atoms with Crippen molar-refractivity contribution in [1.29, 1.82) is 0 Å². The predicted octanol–water partition coefficient (Wildman–Crippen LogP) is 3.31. The number of aliphatic carboxylic acids is 1. The van der Waals surface area contributed by atoms with Gasteiger partial charge in [0.25, 0.3) is 5.91 Å². The Labute approximate surface area is 188 Å². The zero-order chi connectivity index (χ0) is 22.4. The number of nitrogens with one attached hydrogen (secondary N) is 2. The largest absolute Gasteiger partial charge is 0.495 e. The van der Waals surface area contributed by atoms with Gasteiger partial charge < -0.3 is 25.2 Å². The quantitative estimate of drug-likeness (QED) is 0.615. The molecule has 2 fully saturated rings. The van der Waals surface area contributed by atoms with Crippen LogP contribution in [0.5, 0.6) is 5.75 Å². The number of thiophene rings is 1. The van der Waals surface area contributed by atoms with Crippen molar-refractivity contribution in [2.75, 3.05) is 17.7 Å². The Morgan fingerprint density at radius 2 is 1.84 bits per heavy atom. The number of methoxy groups -OCH3 is 1. The van der Waals surface area contributed by atoms with Gasteiger partial charge in [-0.05, 0) is 49.8 Å². The molecule has 5 rings (SSSR count). The Bertz CT molecular complexity index is 1100. The molecule has 168 valence electrons. The summed E-state index contributed by atoms with van der Waals surface area (Å²) in [5.74, 6) is -2.79. The van der Waals surface area contributed by atoms with Crippen molar-refractivity contribution >= 4 is 39.8 Å². The molecule has 1 aromatic heterocycles. The number of carboxylic acids is 1. The van der Waals surface area contributed by atoms with E-state index in [0.717, 1.165) is 29.7 Å². The molecule has 0 spiro atoms. The molecular weight excluding hydrogens is 432 g/mol. The molecule has 9 heteroatoms. The first-order valence-corrected chi connectivity index (χ1v) is 11.6. The van der Waals surface area contributed by atoms with Crippen molar-refractivity contribution in [3.8, 4) is 5.75 Å². The predicted molar refractivity (Wildman–Crippen MR) is 118 cm³/mol. The number of ether oxygens (including phenoxy) is 2. The first kappa shape index (κ1) is 21.0. The summed E-state index contributed by atoms with van der Waals surface area (Å²) in [5, 5.41) is 15.9. The molecule has 2 saturated heterocycles. The fourth-order valence-electron chi connectivity index (χ4n) is 5.19. The summed E-state index contributed by atoms with van der Waals surface area (Å²) in [6.07, 6.45) is 3.12. The van der Waals surface area contributed by atoms with Crippen LogP contribution >= 0.6 is 11.3 Å². The Kier molecular flexibility index (Phi) is 5.38. The van der Waals surface area contributed by atoms with Gasteiger partial charge in [-0.2, -0.15) is 0 Å². The number of fused-ring (bicyclic) bond motifs is 3. The zero-order valence-electron chi connectivity index (χ0n) is 17.6. The first-order valence-electron chi connectivity index (χ1n) is 10.8. The second-order valence-corrected chi connectivity index (χ2v) is 9.49. The topological polar surface area (TPSA) is 114 Å². The highest BCUT2D eigenvalue weighted by molar-refractivity contribution is 7.17. The van der Waals surface area contributed by atoms with Crippen molar-refractivity contribution in [3.05, 3.63) is 40.3 Å². The molecule has 0 radical (unpaired) electrons. The number of carbonyl (C=O) groups excluding carboxylic acids is 2. The van der Waals surface area contributed by atoms with E-state index in [9.17, 15) is 19.5 Å². The van der Waals surface area contributed by atoms with Crippen molar-refractivity contribution in [2.45, 2.75) is 44.3 Å². The average Bonchev–Trinajstić information content (AvgIpc) is 3.54. The van der Waals surface area contributed by atoms with Gasteiger partial charge in [0.15, 0.2) is 0 Å². The van der Waals surface area contributed by atoms with Gasteiger partial charge >= 0.3 is 5.97 Å². The van der Waals surface area contributed by atoms with E-state index < -0.39 is 35.9 Å². The number of carboxylic acid groups (broad SMARTS) is 1. The van der Waals surface area contributed by atoms with Crippen molar-refractivity contribution in [1.82, 2.24) is 0 Å². The summed E-state index contributed by atoms with van der Waals surface area (Å²) >= 11 is 1.40. The zero-order valence-corrected chi connectivity index (χ0v) is 18.4. The summed E-state index contributed by atoms with van der Waals surface area (Å²) in [6.45, 7) is 0. The normalized spacial score (nSPS) is 25.4. The van der Waals surface area contributed by atoms with E-state index in [1.165, 1.54) is 18.4 Å². The van der Waals surface area contributed by atoms with Gasteiger partial charge in [-0.3, -0.25) is 14.4 Å². The standard InChI is InChI=1S/C23H24N2O6S/c1-30-13-7-3-2-6-12(13)24-20(26)17-11-5-4-8-16(11)32-22(17)25-21(27)18-14-9-10-15(31-14)19(18)23(28)29/h2-3,6-7,14-15,18-19H,4-5,8-10H2,1H3,(H,24,26)(H,25,27)(H,28,29)/t14-,15-,18+,19+/m1/s1. The maximum Gasteiger partial charge on any atom is 0.310 e. The molecule has 2 bridgehead atoms. The maximum absolute atomic E-state index is 13.3. The molecule has 1 aliphatic carbocycles. The molecular formula is C23H24N2O6S. The summed E-state index contributed by atoms with van der Waals surface area (Å²) in [6, 6.07) is 7.14. The molecule has 32 heavy (non-hydrogen) atoms. The molecule has 3 heterocycles. The third kappa shape index (κ3) is 3.45. The molecule has 0 saturated carbocycles. The number of hydrogen-bond donors (Lipinski definition) is 3. The van der Waals surface area contributed by atoms with Gasteiger partial charge in [0, 0.05) is 4.88 Å². The lowest BCUT2D eigenvalue weighted by molar-refractivity contribution is -0.147. The Morgan fingerprint density at radius 3 is 2.59 bits per heavy atom. The third-order valence-electron chi connectivity index (χ3n) is 6.60. The second kappa shape index (κ2) is 8.22. The molecule has 3 N–H and O–H groups in total. The van der Waals surface area contributed by atoms with Gasteiger partial charge in [0.1, 0.15) is 10.8 Å². The number of aryl methyl sites for hydroxylation is 1. The molecule has 2 aromatic rings. The van der Waals surface area contributed by atoms with E-state index in [-0.39, 0.29) is 5.91 Å². The Morgan fingerprint density at radius 1 is 1.09 bits per heavy atom. The van der Waals surface area contributed by atoms with Gasteiger partial charge in [-0.15, -0.1) is 11.3 Å². The van der Waals surface area contributed by atoms with Crippen LogP contribution in [0.15, 0.2) is 24.3 Å². The number of benzene rings is 1. The van der Waals surface area contributed by atoms with Crippen LogP contribution in [-0.2, 0) is 27.2 Å². The number of carbonyl (C=O) groups is 3. The van der Waals surface area contributed by atoms with E-state index >= 15 is 0 Å². The molecule has 3 aliphatic rings. The second-order valence-electron chi connectivity index (χ2n) is 8.39. The van der Waals surface area contributed by atoms with Gasteiger partial charge in [-0.25, -0.2) is 0 Å². The number of anilines is 2.